The third kappa shape index (κ3) is 9.37. The second-order valence-electron chi connectivity index (χ2n) is 13.3. The normalized spacial score (nSPS) is 21.8. The van der Waals surface area contributed by atoms with E-state index in [0.29, 0.717) is 0 Å². The van der Waals surface area contributed by atoms with E-state index in [1.165, 1.54) is 18.6 Å². The number of amides is 1. The molecule has 0 aliphatic carbocycles. The summed E-state index contributed by atoms with van der Waals surface area (Å²) in [4.78, 5) is 112. The van der Waals surface area contributed by atoms with Crippen molar-refractivity contribution in [3.63, 3.8) is 0 Å². The van der Waals surface area contributed by atoms with Crippen LogP contribution in [0.15, 0.2) is 48.9 Å². The van der Waals surface area contributed by atoms with Gasteiger partial charge in [0.15, 0.2) is 11.2 Å². The number of ketones is 2. The van der Waals surface area contributed by atoms with Crippen LogP contribution in [0, 0.1) is 5.92 Å². The summed E-state index contributed by atoms with van der Waals surface area (Å²) in [6, 6.07) is 7.92. The van der Waals surface area contributed by atoms with Crippen molar-refractivity contribution < 1.29 is 66.4 Å². The van der Waals surface area contributed by atoms with E-state index in [1.54, 1.807) is 30.3 Å². The molecular formula is C30H41BN4O13P2. The quantitative estimate of drug-likeness (QED) is 0.107. The zero-order valence-corrected chi connectivity index (χ0v) is 29.4. The highest BCUT2D eigenvalue weighted by molar-refractivity contribution is 7.70. The molecule has 3 heterocycles. The van der Waals surface area contributed by atoms with E-state index < -0.39 is 75.0 Å². The molecular weight excluding hydrogens is 697 g/mol. The zero-order valence-electron chi connectivity index (χ0n) is 27.6. The number of aromatic nitrogens is 2. The van der Waals surface area contributed by atoms with Gasteiger partial charge in [-0.15, -0.1) is 0 Å². The number of hydrogen-bond acceptors (Lipinski definition) is 11. The van der Waals surface area contributed by atoms with Crippen molar-refractivity contribution in [3.05, 3.63) is 60.2 Å². The van der Waals surface area contributed by atoms with Gasteiger partial charge in [0.2, 0.25) is 0 Å². The summed E-state index contributed by atoms with van der Waals surface area (Å²) in [5.41, 5.74) is 0.746. The molecule has 1 aromatic carbocycles. The Labute approximate surface area is 288 Å². The first-order chi connectivity index (χ1) is 23.3. The van der Waals surface area contributed by atoms with Crippen LogP contribution in [0.1, 0.15) is 62.0 Å². The largest absolute Gasteiger partial charge is 0.600 e. The molecule has 1 aromatic heterocycles. The molecule has 0 saturated carbocycles. The molecule has 50 heavy (non-hydrogen) atoms. The zero-order chi connectivity index (χ0) is 36.9. The first-order valence-corrected chi connectivity index (χ1v) is 19.4. The Morgan fingerprint density at radius 3 is 2.12 bits per heavy atom. The van der Waals surface area contributed by atoms with Gasteiger partial charge in [-0.1, -0.05) is 50.6 Å². The van der Waals surface area contributed by atoms with Gasteiger partial charge in [0.25, 0.3) is 5.91 Å². The molecule has 2 atom stereocenters. The highest BCUT2D eigenvalue weighted by atomic mass is 31.2. The van der Waals surface area contributed by atoms with Gasteiger partial charge < -0.3 is 38.6 Å². The first kappa shape index (κ1) is 39.2. The molecule has 2 aliphatic heterocycles. The van der Waals surface area contributed by atoms with Gasteiger partial charge in [-0.05, 0) is 36.6 Å². The molecule has 272 valence electrons. The Bertz CT molecular complexity index is 1640. The maximum atomic E-state index is 14.2. The van der Waals surface area contributed by atoms with Crippen molar-refractivity contribution in [2.75, 3.05) is 19.6 Å². The highest BCUT2D eigenvalue weighted by Gasteiger charge is 2.70. The van der Waals surface area contributed by atoms with E-state index in [-0.39, 0.29) is 67.7 Å². The van der Waals surface area contributed by atoms with E-state index in [9.17, 15) is 52.7 Å². The topological polar surface area (TPSA) is 257 Å². The Balaban J connectivity index is 1.60. The molecule has 2 aromatic rings. The predicted molar refractivity (Wildman–Crippen MR) is 176 cm³/mol. The third-order valence-corrected chi connectivity index (χ3v) is 12.8. The number of rotatable bonds is 18. The number of nitrogens with one attached hydrogen (secondary N) is 1. The second-order valence-corrected chi connectivity index (χ2v) is 17.3. The molecule has 0 radical (unpaired) electrons. The number of Topliss-reactive ketones (excluding diaryl/α,β-unsaturated/α-hetero) is 2. The van der Waals surface area contributed by atoms with Crippen molar-refractivity contribution in [2.45, 2.75) is 69.6 Å². The average molecular weight is 738 g/mol. The lowest BCUT2D eigenvalue weighted by Gasteiger charge is -2.47. The summed E-state index contributed by atoms with van der Waals surface area (Å²) in [5.74, 6) is -4.19. The summed E-state index contributed by atoms with van der Waals surface area (Å²) >= 11 is 0. The van der Waals surface area contributed by atoms with Crippen molar-refractivity contribution in [2.24, 2.45) is 5.92 Å². The molecule has 17 nitrogen and oxygen atoms in total. The van der Waals surface area contributed by atoms with E-state index in [0.717, 1.165) is 5.56 Å². The monoisotopic (exact) mass is 738 g/mol. The fourth-order valence-corrected chi connectivity index (χ4v) is 9.44. The fraction of sp³-hybridized carbons (Fsp3) is 0.500. The lowest BCUT2D eigenvalue weighted by molar-refractivity contribution is -0.816. The van der Waals surface area contributed by atoms with Gasteiger partial charge in [-0.25, -0.2) is 4.98 Å². The Morgan fingerprint density at radius 2 is 1.58 bits per heavy atom. The fourth-order valence-electron chi connectivity index (χ4n) is 6.99. The van der Waals surface area contributed by atoms with Gasteiger partial charge in [-0.2, -0.15) is 0 Å². The number of carbonyl (C=O) groups is 5. The van der Waals surface area contributed by atoms with Crippen LogP contribution in [0.5, 0.6) is 0 Å². The molecule has 0 unspecified atom stereocenters. The van der Waals surface area contributed by atoms with Gasteiger partial charge in [0.05, 0.1) is 12.2 Å². The van der Waals surface area contributed by atoms with Crippen LogP contribution >= 0.6 is 15.2 Å². The third-order valence-electron chi connectivity index (χ3n) is 9.10. The number of quaternary nitrogens is 1. The minimum absolute atomic E-state index is 0.00695. The molecule has 4 rings (SSSR count). The lowest BCUT2D eigenvalue weighted by Crippen LogP contribution is -2.66. The molecule has 0 bridgehead atoms. The van der Waals surface area contributed by atoms with Crippen molar-refractivity contribution in [1.29, 1.82) is 0 Å². The average Bonchev–Trinajstić information content (AvgIpc) is 3.44. The van der Waals surface area contributed by atoms with Gasteiger partial charge in [0, 0.05) is 31.8 Å². The number of fused-ring (bicyclic) bond motifs is 1. The summed E-state index contributed by atoms with van der Waals surface area (Å²) in [6.45, 7) is 0.190. The van der Waals surface area contributed by atoms with Crippen LogP contribution in [0.2, 0.25) is 5.82 Å². The molecule has 2 saturated heterocycles. The molecule has 2 fully saturated rings. The first-order valence-electron chi connectivity index (χ1n) is 16.0. The molecule has 0 spiro atoms. The van der Waals surface area contributed by atoms with E-state index in [2.05, 4.69) is 15.3 Å². The van der Waals surface area contributed by atoms with Crippen LogP contribution < -0.4 is 5.32 Å². The summed E-state index contributed by atoms with van der Waals surface area (Å²) in [5, 5.41) is 0.251. The lowest BCUT2D eigenvalue weighted by atomic mass is 9.51. The van der Waals surface area contributed by atoms with Gasteiger partial charge in [-0.3, -0.25) is 38.1 Å². The van der Waals surface area contributed by atoms with Crippen molar-refractivity contribution in [3.8, 4) is 0 Å². The van der Waals surface area contributed by atoms with Crippen LogP contribution in [-0.2, 0) is 44.0 Å². The smallest absolute Gasteiger partial charge is 0.587 e. The van der Waals surface area contributed by atoms with Crippen LogP contribution in [-0.4, -0.2) is 101 Å². The van der Waals surface area contributed by atoms with E-state index >= 15 is 0 Å². The molecule has 20 heteroatoms. The standard InChI is InChI=1S/C30H41BN4O13P2/c1-20(2)13-22(15-26(37)24(14-21-7-4-3-5-8-21)34-30(40)25-17-32-10-11-33-25)31-35(18-27(38)47-31,19-28(39)48-31)12-6-9-23(36)16-29(49(41,42)43)50(44,45)46/h3-5,7-8,10-11,17,20,22,24,29H,6,9,12-16,18-19H2,1-2H3,(H,34,40)(H2,41,42,43)(H2,44,45,46)/t22-,24+,31?,35?/m1/s1. The van der Waals surface area contributed by atoms with Crippen molar-refractivity contribution >= 4 is 51.3 Å². The maximum absolute atomic E-state index is 14.2. The number of benzene rings is 1. The van der Waals surface area contributed by atoms with Crippen LogP contribution in [0.4, 0.5) is 0 Å². The van der Waals surface area contributed by atoms with E-state index in [1.807, 2.05) is 13.8 Å². The summed E-state index contributed by atoms with van der Waals surface area (Å²) in [7, 11) is -10.7. The summed E-state index contributed by atoms with van der Waals surface area (Å²) in [6.07, 6.45) is 2.60. The predicted octanol–water partition coefficient (Wildman–Crippen LogP) is 1.48. The Kier molecular flexibility index (Phi) is 12.3. The van der Waals surface area contributed by atoms with Gasteiger partial charge in [0.1, 0.15) is 24.6 Å². The minimum Gasteiger partial charge on any atom is -0.600 e. The van der Waals surface area contributed by atoms with Crippen molar-refractivity contribution in [1.82, 2.24) is 15.3 Å². The number of nitrogens with zero attached hydrogens (tertiary/aromatic N) is 3. The number of carbonyl (C=O) groups excluding carboxylic acids is 5. The van der Waals surface area contributed by atoms with Crippen LogP contribution in [0.25, 0.3) is 0 Å². The molecule has 2 aliphatic rings. The molecule has 1 amide bonds. The summed E-state index contributed by atoms with van der Waals surface area (Å²) < 4.78 is 34.7. The Morgan fingerprint density at radius 1 is 0.960 bits per heavy atom. The highest BCUT2D eigenvalue weighted by Crippen LogP contribution is 2.61. The minimum atomic E-state index is -5.33. The maximum Gasteiger partial charge on any atom is 0.587 e. The second kappa shape index (κ2) is 15.7. The van der Waals surface area contributed by atoms with E-state index in [4.69, 9.17) is 9.31 Å². The SMILES string of the molecule is CC(C)C[C@H](CC(=O)[C@H](Cc1ccccc1)NC(=O)c1cnccn1)[B-]12OC(=O)C[N+]1(CCCC(=O)CC(P(=O)(O)O)P(=O)(O)O)CC(=O)O2. The Hall–Kier alpha value is -3.63. The number of hydrogen-bond donors (Lipinski definition) is 5. The van der Waals surface area contributed by atoms with Crippen LogP contribution in [0.3, 0.4) is 0 Å². The van der Waals surface area contributed by atoms with Gasteiger partial charge >= 0.3 is 33.8 Å². The molecule has 5 N–H and O–H groups in total.